The quantitative estimate of drug-likeness (QED) is 0.620. The summed E-state index contributed by atoms with van der Waals surface area (Å²) in [6, 6.07) is 15.8. The van der Waals surface area contributed by atoms with Gasteiger partial charge in [-0.25, -0.2) is 4.68 Å². The molecule has 2 aromatic carbocycles. The fourth-order valence-corrected chi connectivity index (χ4v) is 4.08. The Kier molecular flexibility index (Phi) is 4.66. The summed E-state index contributed by atoms with van der Waals surface area (Å²) in [6.07, 6.45) is 4.07. The summed E-state index contributed by atoms with van der Waals surface area (Å²) in [4.78, 5) is 39.3. The number of nitrogens with one attached hydrogen (secondary N) is 1. The van der Waals surface area contributed by atoms with E-state index < -0.39 is 0 Å². The van der Waals surface area contributed by atoms with Crippen LogP contribution in [-0.2, 0) is 6.54 Å². The maximum Gasteiger partial charge on any atom is 0.261 e. The molecule has 3 amide bonds. The van der Waals surface area contributed by atoms with Gasteiger partial charge >= 0.3 is 0 Å². The van der Waals surface area contributed by atoms with Crippen molar-refractivity contribution in [3.05, 3.63) is 83.0 Å². The molecule has 2 heterocycles. The van der Waals surface area contributed by atoms with Gasteiger partial charge in [0.25, 0.3) is 17.7 Å². The molecule has 31 heavy (non-hydrogen) atoms. The van der Waals surface area contributed by atoms with E-state index in [4.69, 9.17) is 0 Å². The molecule has 3 aromatic rings. The number of benzene rings is 2. The molecule has 1 fully saturated rings. The van der Waals surface area contributed by atoms with Crippen LogP contribution >= 0.6 is 0 Å². The molecule has 1 atom stereocenters. The first-order valence-electron chi connectivity index (χ1n) is 10.4. The van der Waals surface area contributed by atoms with E-state index in [1.165, 1.54) is 17.7 Å². The Bertz CT molecular complexity index is 1160. The number of aromatic nitrogens is 2. The van der Waals surface area contributed by atoms with Gasteiger partial charge in [0.2, 0.25) is 0 Å². The van der Waals surface area contributed by atoms with Gasteiger partial charge in [-0.3, -0.25) is 19.3 Å². The van der Waals surface area contributed by atoms with Crippen LogP contribution in [-0.4, -0.2) is 32.4 Å². The summed E-state index contributed by atoms with van der Waals surface area (Å²) < 4.78 is 1.86. The molecule has 0 saturated heterocycles. The molecule has 1 aliphatic carbocycles. The predicted molar refractivity (Wildman–Crippen MR) is 115 cm³/mol. The number of nitrogens with zero attached hydrogens (tertiary/aromatic N) is 3. The van der Waals surface area contributed by atoms with Gasteiger partial charge in [-0.05, 0) is 55.5 Å². The number of imide groups is 1. The van der Waals surface area contributed by atoms with Crippen LogP contribution in [0.2, 0.25) is 0 Å². The Morgan fingerprint density at radius 2 is 1.77 bits per heavy atom. The van der Waals surface area contributed by atoms with Gasteiger partial charge in [0, 0.05) is 11.6 Å². The molecule has 1 N–H and O–H groups in total. The van der Waals surface area contributed by atoms with Crippen molar-refractivity contribution in [2.45, 2.75) is 32.4 Å². The summed E-state index contributed by atoms with van der Waals surface area (Å²) in [7, 11) is 0. The van der Waals surface area contributed by atoms with Crippen LogP contribution in [0.4, 0.5) is 5.82 Å². The minimum atomic E-state index is -0.312. The largest absolute Gasteiger partial charge is 0.307 e. The number of rotatable bonds is 6. The second-order valence-corrected chi connectivity index (χ2v) is 8.14. The number of hydrogen-bond donors (Lipinski definition) is 1. The maximum atomic E-state index is 12.9. The van der Waals surface area contributed by atoms with Crippen molar-refractivity contribution in [3.63, 3.8) is 0 Å². The van der Waals surface area contributed by atoms with Crippen LogP contribution in [0.3, 0.4) is 0 Å². The minimum absolute atomic E-state index is 0.115. The maximum absolute atomic E-state index is 12.9. The molecule has 1 saturated carbocycles. The second kappa shape index (κ2) is 7.50. The number of carbonyl (C=O) groups is 3. The van der Waals surface area contributed by atoms with Gasteiger partial charge < -0.3 is 5.32 Å². The first kappa shape index (κ1) is 19.2. The van der Waals surface area contributed by atoms with Gasteiger partial charge in [-0.15, -0.1) is 0 Å². The van der Waals surface area contributed by atoms with Crippen LogP contribution in [0.15, 0.2) is 60.8 Å². The van der Waals surface area contributed by atoms with Gasteiger partial charge in [-0.2, -0.15) is 5.10 Å². The van der Waals surface area contributed by atoms with E-state index in [1.807, 2.05) is 4.68 Å². The first-order valence-corrected chi connectivity index (χ1v) is 10.4. The van der Waals surface area contributed by atoms with Crippen molar-refractivity contribution in [2.75, 3.05) is 5.32 Å². The molecule has 7 nitrogen and oxygen atoms in total. The van der Waals surface area contributed by atoms with Crippen LogP contribution in [0.5, 0.6) is 0 Å². The smallest absolute Gasteiger partial charge is 0.261 e. The fourth-order valence-electron chi connectivity index (χ4n) is 4.08. The molecule has 0 spiro atoms. The highest BCUT2D eigenvalue weighted by molar-refractivity contribution is 6.21. The summed E-state index contributed by atoms with van der Waals surface area (Å²) >= 11 is 0. The van der Waals surface area contributed by atoms with E-state index in [2.05, 4.69) is 17.3 Å². The summed E-state index contributed by atoms with van der Waals surface area (Å²) in [5.74, 6) is 0.393. The molecule has 5 rings (SSSR count). The second-order valence-electron chi connectivity index (χ2n) is 8.14. The Labute approximate surface area is 179 Å². The monoisotopic (exact) mass is 414 g/mol. The Morgan fingerprint density at radius 3 is 2.45 bits per heavy atom. The summed E-state index contributed by atoms with van der Waals surface area (Å²) in [5, 5.41) is 7.30. The van der Waals surface area contributed by atoms with Gasteiger partial charge in [-0.1, -0.05) is 24.3 Å². The molecular formula is C24H22N4O3. The van der Waals surface area contributed by atoms with E-state index >= 15 is 0 Å². The summed E-state index contributed by atoms with van der Waals surface area (Å²) in [6.45, 7) is 2.23. The molecule has 2 aliphatic rings. The summed E-state index contributed by atoms with van der Waals surface area (Å²) in [5.41, 5.74) is 2.00. The molecule has 1 unspecified atom stereocenters. The number of fused-ring (bicyclic) bond motifs is 1. The normalized spacial score (nSPS) is 16.4. The third-order valence-electron chi connectivity index (χ3n) is 6.01. The third kappa shape index (κ3) is 3.52. The SMILES string of the molecule is CC(C1CC1)n1nccc1NC(=O)c1cccc(CN2C(=O)c3ccccc3C2=O)c1. The zero-order valence-electron chi connectivity index (χ0n) is 17.1. The van der Waals surface area contributed by atoms with E-state index in [1.54, 1.807) is 60.8 Å². The third-order valence-corrected chi connectivity index (χ3v) is 6.01. The zero-order valence-corrected chi connectivity index (χ0v) is 17.1. The van der Waals surface area contributed by atoms with Crippen molar-refractivity contribution < 1.29 is 14.4 Å². The average molecular weight is 414 g/mol. The molecule has 7 heteroatoms. The van der Waals surface area contributed by atoms with Crippen molar-refractivity contribution in [1.82, 2.24) is 14.7 Å². The molecule has 1 aromatic heterocycles. The van der Waals surface area contributed by atoms with Crippen molar-refractivity contribution in [2.24, 2.45) is 5.92 Å². The fraction of sp³-hybridized carbons (Fsp3) is 0.250. The standard InChI is InChI=1S/C24H22N4O3/c1-15(17-9-10-17)28-21(11-12-25-28)26-22(29)18-6-4-5-16(13-18)14-27-23(30)19-7-2-3-8-20(19)24(27)31/h2-8,11-13,15,17H,9-10,14H2,1H3,(H,26,29). The first-order chi connectivity index (χ1) is 15.0. The lowest BCUT2D eigenvalue weighted by molar-refractivity contribution is 0.0642. The van der Waals surface area contributed by atoms with E-state index in [-0.39, 0.29) is 30.3 Å². The van der Waals surface area contributed by atoms with Crippen molar-refractivity contribution in [3.8, 4) is 0 Å². The van der Waals surface area contributed by atoms with E-state index in [9.17, 15) is 14.4 Å². The molecular weight excluding hydrogens is 392 g/mol. The van der Waals surface area contributed by atoms with Crippen LogP contribution in [0.25, 0.3) is 0 Å². The van der Waals surface area contributed by atoms with Crippen molar-refractivity contribution in [1.29, 1.82) is 0 Å². The van der Waals surface area contributed by atoms with Gasteiger partial charge in [0.1, 0.15) is 5.82 Å². The Morgan fingerprint density at radius 1 is 1.06 bits per heavy atom. The molecule has 156 valence electrons. The van der Waals surface area contributed by atoms with E-state index in [0.29, 0.717) is 34.0 Å². The van der Waals surface area contributed by atoms with Crippen LogP contribution in [0.1, 0.15) is 62.4 Å². The van der Waals surface area contributed by atoms with Crippen LogP contribution in [0, 0.1) is 5.92 Å². The zero-order chi connectivity index (χ0) is 21.5. The van der Waals surface area contributed by atoms with Crippen LogP contribution < -0.4 is 5.32 Å². The lowest BCUT2D eigenvalue weighted by Gasteiger charge is -2.16. The topological polar surface area (TPSA) is 84.3 Å². The van der Waals surface area contributed by atoms with Crippen molar-refractivity contribution >= 4 is 23.5 Å². The highest BCUT2D eigenvalue weighted by Crippen LogP contribution is 2.40. The number of hydrogen-bond acceptors (Lipinski definition) is 4. The number of anilines is 1. The predicted octanol–water partition coefficient (Wildman–Crippen LogP) is 3.90. The molecule has 0 radical (unpaired) electrons. The van der Waals surface area contributed by atoms with Gasteiger partial charge in [0.15, 0.2) is 0 Å². The number of carbonyl (C=O) groups excluding carboxylic acids is 3. The van der Waals surface area contributed by atoms with E-state index in [0.717, 1.165) is 0 Å². The number of amides is 3. The Balaban J connectivity index is 1.32. The lowest BCUT2D eigenvalue weighted by Crippen LogP contribution is -2.29. The lowest BCUT2D eigenvalue weighted by atomic mass is 10.1. The average Bonchev–Trinajstić information content (AvgIpc) is 3.50. The molecule has 1 aliphatic heterocycles. The minimum Gasteiger partial charge on any atom is -0.307 e. The van der Waals surface area contributed by atoms with Gasteiger partial charge in [0.05, 0.1) is 29.9 Å². The Hall–Kier alpha value is -3.74. The molecule has 0 bridgehead atoms. The highest BCUT2D eigenvalue weighted by atomic mass is 16.2. The highest BCUT2D eigenvalue weighted by Gasteiger charge is 2.35.